The zero-order valence-electron chi connectivity index (χ0n) is 32.9. The first-order valence-corrected chi connectivity index (χ1v) is 22.4. The Kier molecular flexibility index (Phi) is 11.3. The molecule has 1 fully saturated rings. The van der Waals surface area contributed by atoms with Crippen LogP contribution in [-0.4, -0.2) is 91.2 Å². The number of benzene rings is 3. The molecule has 1 saturated heterocycles. The van der Waals surface area contributed by atoms with E-state index in [1.165, 1.54) is 11.3 Å². The molecule has 13 heteroatoms. The summed E-state index contributed by atoms with van der Waals surface area (Å²) in [4.78, 5) is 55.2. The van der Waals surface area contributed by atoms with Gasteiger partial charge in [-0.2, -0.15) is 0 Å². The zero-order chi connectivity index (χ0) is 39.8. The van der Waals surface area contributed by atoms with Crippen LogP contribution in [0.5, 0.6) is 0 Å². The lowest BCUT2D eigenvalue weighted by Crippen LogP contribution is -2.67. The normalized spacial score (nSPS) is 18.1. The predicted molar refractivity (Wildman–Crippen MR) is 227 cm³/mol. The summed E-state index contributed by atoms with van der Waals surface area (Å²) in [5.74, 6) is -0.673. The highest BCUT2D eigenvalue weighted by Crippen LogP contribution is 2.38. The summed E-state index contributed by atoms with van der Waals surface area (Å²) in [6, 6.07) is 27.0. The molecule has 0 saturated carbocycles. The van der Waals surface area contributed by atoms with Gasteiger partial charge in [-0.1, -0.05) is 93.0 Å². The molecule has 2 unspecified atom stereocenters. The Bertz CT molecular complexity index is 2180. The molecule has 2 aliphatic rings. The van der Waals surface area contributed by atoms with Crippen molar-refractivity contribution in [3.05, 3.63) is 111 Å². The Morgan fingerprint density at radius 3 is 2.23 bits per heavy atom. The van der Waals surface area contributed by atoms with E-state index < -0.39 is 25.8 Å². The number of nitrogens with one attached hydrogen (secondary N) is 3. The van der Waals surface area contributed by atoms with Crippen molar-refractivity contribution in [2.75, 3.05) is 33.3 Å². The molecule has 10 nitrogen and oxygen atoms in total. The van der Waals surface area contributed by atoms with E-state index >= 15 is 0 Å². The number of H-pyrrole nitrogens is 1. The first kappa shape index (κ1) is 39.9. The van der Waals surface area contributed by atoms with Crippen molar-refractivity contribution in [2.45, 2.75) is 71.1 Å². The zero-order valence-corrected chi connectivity index (χ0v) is 35.5. The van der Waals surface area contributed by atoms with E-state index in [0.29, 0.717) is 28.7 Å². The number of aromatic amines is 1. The monoisotopic (exact) mass is 810 g/mol. The number of halogens is 1. The maximum absolute atomic E-state index is 14.6. The van der Waals surface area contributed by atoms with Gasteiger partial charge in [-0.3, -0.25) is 14.4 Å². The average Bonchev–Trinajstić information content (AvgIpc) is 3.80. The van der Waals surface area contributed by atoms with Crippen molar-refractivity contribution in [3.8, 4) is 0 Å². The Labute approximate surface area is 339 Å². The Morgan fingerprint density at radius 1 is 0.911 bits per heavy atom. The summed E-state index contributed by atoms with van der Waals surface area (Å²) < 4.78 is 7.24. The van der Waals surface area contributed by atoms with Crippen molar-refractivity contribution in [1.82, 2.24) is 30.4 Å². The third-order valence-electron chi connectivity index (χ3n) is 11.1. The van der Waals surface area contributed by atoms with E-state index in [2.05, 4.69) is 96.9 Å². The van der Waals surface area contributed by atoms with Crippen LogP contribution in [0.15, 0.2) is 84.9 Å². The van der Waals surface area contributed by atoms with Gasteiger partial charge in [-0.05, 0) is 67.0 Å². The fourth-order valence-corrected chi connectivity index (χ4v) is 14.1. The quantitative estimate of drug-likeness (QED) is 0.149. The molecule has 0 aliphatic carbocycles. The molecule has 56 heavy (non-hydrogen) atoms. The van der Waals surface area contributed by atoms with Crippen LogP contribution in [0.25, 0.3) is 10.9 Å². The number of hydrogen-bond acceptors (Lipinski definition) is 7. The molecule has 2 aromatic heterocycles. The number of likely N-dealkylation sites (tertiary alicyclic amines) is 1. The minimum absolute atomic E-state index is 0.0697. The standard InChI is InChI=1S/C43H51ClN6O4SSi/c1-42(2,3)56(30-13-9-7-10-14-30,31-15-11-8-12-16-31)54-27-43(4,5)41(53)50-22-20-33(46-38(51)35-24-28-23-29(44)17-18-32(28)45-35)36(25-50)47-39(52)40-48-34-19-21-49(6)26-37(34)55-40/h7-18,23-24,33,36,45H,19-22,25-27H2,1-6H3,(H,46,51)(H,47,52). The number of hydrogen-bond donors (Lipinski definition) is 3. The second-order valence-electron chi connectivity index (χ2n) is 16.8. The highest BCUT2D eigenvalue weighted by molar-refractivity contribution is 7.13. The van der Waals surface area contributed by atoms with Crippen LogP contribution in [0, 0.1) is 5.41 Å². The lowest BCUT2D eigenvalue weighted by molar-refractivity contribution is -0.143. The molecular weight excluding hydrogens is 760 g/mol. The molecule has 0 spiro atoms. The van der Waals surface area contributed by atoms with Gasteiger partial charge in [-0.15, -0.1) is 11.3 Å². The fraction of sp³-hybridized carbons (Fsp3) is 0.395. The highest BCUT2D eigenvalue weighted by Gasteiger charge is 2.51. The number of likely N-dealkylation sites (N-methyl/N-ethyl adjacent to an activating group) is 1. The molecule has 3 amide bonds. The second-order valence-corrected chi connectivity index (χ2v) is 22.7. The number of thiazole rings is 1. The van der Waals surface area contributed by atoms with E-state index in [4.69, 9.17) is 21.0 Å². The number of fused-ring (bicyclic) bond motifs is 2. The predicted octanol–water partition coefficient (Wildman–Crippen LogP) is 6.00. The second kappa shape index (κ2) is 15.9. The van der Waals surface area contributed by atoms with Crippen molar-refractivity contribution < 1.29 is 18.8 Å². The maximum Gasteiger partial charge on any atom is 0.280 e. The average molecular weight is 812 g/mol. The molecule has 2 atom stereocenters. The number of aromatic nitrogens is 2. The van der Waals surface area contributed by atoms with Crippen molar-refractivity contribution in [2.24, 2.45) is 5.41 Å². The maximum atomic E-state index is 14.6. The largest absolute Gasteiger partial charge is 0.406 e. The van der Waals surface area contributed by atoms with Gasteiger partial charge in [0.15, 0.2) is 5.01 Å². The van der Waals surface area contributed by atoms with Crippen LogP contribution < -0.4 is 21.0 Å². The molecule has 294 valence electrons. The van der Waals surface area contributed by atoms with Crippen LogP contribution in [-0.2, 0) is 22.2 Å². The van der Waals surface area contributed by atoms with Gasteiger partial charge in [0.2, 0.25) is 5.91 Å². The number of amides is 3. The van der Waals surface area contributed by atoms with Crippen molar-refractivity contribution in [1.29, 1.82) is 0 Å². The third-order valence-corrected chi connectivity index (χ3v) is 17.4. The number of carbonyl (C=O) groups is 3. The molecule has 0 radical (unpaired) electrons. The smallest absolute Gasteiger partial charge is 0.280 e. The third kappa shape index (κ3) is 8.08. The Balaban J connectivity index is 1.13. The molecule has 2 aliphatic heterocycles. The number of nitrogens with zero attached hydrogens (tertiary/aromatic N) is 3. The number of rotatable bonds is 10. The summed E-state index contributed by atoms with van der Waals surface area (Å²) in [5.41, 5.74) is 1.25. The lowest BCUT2D eigenvalue weighted by Gasteiger charge is -2.46. The topological polar surface area (TPSA) is 120 Å². The molecule has 4 heterocycles. The van der Waals surface area contributed by atoms with E-state index in [-0.39, 0.29) is 35.9 Å². The van der Waals surface area contributed by atoms with Crippen molar-refractivity contribution >= 4 is 70.3 Å². The van der Waals surface area contributed by atoms with Gasteiger partial charge >= 0.3 is 0 Å². The number of carbonyl (C=O) groups excluding carboxylic acids is 3. The summed E-state index contributed by atoms with van der Waals surface area (Å²) >= 11 is 7.62. The minimum Gasteiger partial charge on any atom is -0.406 e. The SMILES string of the molecule is CN1CCc2nc(C(=O)NC3CN(C(=O)C(C)(C)CO[Si](c4ccccc4)(c4ccccc4)C(C)(C)C)CCC3NC(=O)c3cc4cc(Cl)ccc4[nH]3)sc2C1. The Morgan fingerprint density at radius 2 is 1.57 bits per heavy atom. The molecule has 5 aromatic rings. The van der Waals surface area contributed by atoms with Gasteiger partial charge in [-0.25, -0.2) is 4.98 Å². The number of piperidine rings is 1. The van der Waals surface area contributed by atoms with Crippen LogP contribution >= 0.6 is 22.9 Å². The Hall–Kier alpha value is -4.33. The van der Waals surface area contributed by atoms with E-state index in [1.54, 1.807) is 12.1 Å². The summed E-state index contributed by atoms with van der Waals surface area (Å²) in [6.07, 6.45) is 1.24. The fourth-order valence-electron chi connectivity index (χ4n) is 8.12. The summed E-state index contributed by atoms with van der Waals surface area (Å²) in [6.45, 7) is 13.0. The molecule has 0 bridgehead atoms. The van der Waals surface area contributed by atoms with Crippen LogP contribution in [0.3, 0.4) is 0 Å². The summed E-state index contributed by atoms with van der Waals surface area (Å²) in [5, 5.41) is 10.2. The van der Waals surface area contributed by atoms with Crippen LogP contribution in [0.4, 0.5) is 0 Å². The van der Waals surface area contributed by atoms with E-state index in [9.17, 15) is 14.4 Å². The minimum atomic E-state index is -2.91. The molecule has 3 N–H and O–H groups in total. The van der Waals surface area contributed by atoms with E-state index in [1.807, 2.05) is 43.0 Å². The van der Waals surface area contributed by atoms with Crippen molar-refractivity contribution in [3.63, 3.8) is 0 Å². The van der Waals surface area contributed by atoms with Gasteiger partial charge in [0, 0.05) is 60.0 Å². The highest BCUT2D eigenvalue weighted by atomic mass is 35.5. The molecular formula is C43H51ClN6O4SSi. The van der Waals surface area contributed by atoms with Crippen LogP contribution in [0.2, 0.25) is 10.1 Å². The van der Waals surface area contributed by atoms with E-state index in [0.717, 1.165) is 51.4 Å². The van der Waals surface area contributed by atoms with Gasteiger partial charge in [0.05, 0.1) is 23.2 Å². The van der Waals surface area contributed by atoms with Crippen LogP contribution in [0.1, 0.15) is 71.9 Å². The molecule has 3 aromatic carbocycles. The first-order chi connectivity index (χ1) is 26.6. The van der Waals surface area contributed by atoms with Gasteiger partial charge in [0.25, 0.3) is 20.1 Å². The summed E-state index contributed by atoms with van der Waals surface area (Å²) in [7, 11) is -0.846. The van der Waals surface area contributed by atoms with Gasteiger partial charge in [0.1, 0.15) is 5.69 Å². The first-order valence-electron chi connectivity index (χ1n) is 19.3. The molecule has 7 rings (SSSR count). The van der Waals surface area contributed by atoms with Gasteiger partial charge < -0.3 is 29.8 Å². The lowest BCUT2D eigenvalue weighted by atomic mass is 9.90.